The van der Waals surface area contributed by atoms with Gasteiger partial charge in [0, 0.05) is 37.5 Å². The van der Waals surface area contributed by atoms with Crippen LogP contribution < -0.4 is 16.4 Å². The zero-order chi connectivity index (χ0) is 13.2. The number of unbranched alkanes of at least 4 members (excludes halogenated alkanes) is 1. The molecule has 0 unspecified atom stereocenters. The minimum atomic E-state index is -0.232. The summed E-state index contributed by atoms with van der Waals surface area (Å²) in [6.45, 7) is 3.88. The minimum Gasteiger partial charge on any atom is -0.385 e. The lowest BCUT2D eigenvalue weighted by atomic mass is 10.2. The molecule has 0 aliphatic rings. The van der Waals surface area contributed by atoms with Crippen molar-refractivity contribution < 1.29 is 4.79 Å². The summed E-state index contributed by atoms with van der Waals surface area (Å²) in [5.74, 6) is 0.656. The van der Waals surface area contributed by atoms with Gasteiger partial charge in [0.1, 0.15) is 5.82 Å². The van der Waals surface area contributed by atoms with Crippen LogP contribution in [-0.2, 0) is 4.79 Å². The molecule has 4 N–H and O–H groups in total. The highest BCUT2D eigenvalue weighted by Gasteiger charge is 1.97. The van der Waals surface area contributed by atoms with Gasteiger partial charge in [0.25, 0.3) is 0 Å². The van der Waals surface area contributed by atoms with Gasteiger partial charge in [-0.3, -0.25) is 4.79 Å². The Bertz CT molecular complexity index is 368. The standard InChI is InChI=1S/C13H22N4O/c1-2-7-16-13-10-11(6-9-17-13)15-8-4-3-5-12(14)18/h6,9-10H,2-5,7-8H2,1H3,(H2,14,18)(H2,15,16,17). The summed E-state index contributed by atoms with van der Waals surface area (Å²) in [4.78, 5) is 14.8. The van der Waals surface area contributed by atoms with Crippen LogP contribution in [0.4, 0.5) is 11.5 Å². The fourth-order valence-electron chi connectivity index (χ4n) is 1.55. The first kappa shape index (κ1) is 14.3. The Balaban J connectivity index is 2.26. The van der Waals surface area contributed by atoms with Crippen LogP contribution >= 0.6 is 0 Å². The molecule has 1 rings (SSSR count). The van der Waals surface area contributed by atoms with Crippen molar-refractivity contribution in [1.29, 1.82) is 0 Å². The Hall–Kier alpha value is -1.78. The number of nitrogens with one attached hydrogen (secondary N) is 2. The van der Waals surface area contributed by atoms with Crippen molar-refractivity contribution in [2.75, 3.05) is 23.7 Å². The van der Waals surface area contributed by atoms with Crippen LogP contribution in [0, 0.1) is 0 Å². The van der Waals surface area contributed by atoms with Crippen molar-refractivity contribution in [3.05, 3.63) is 18.3 Å². The third-order valence-electron chi connectivity index (χ3n) is 2.50. The number of aromatic nitrogens is 1. The number of hydrogen-bond acceptors (Lipinski definition) is 4. The van der Waals surface area contributed by atoms with Gasteiger partial charge in [-0.05, 0) is 25.3 Å². The molecule has 100 valence electrons. The molecule has 0 aliphatic heterocycles. The van der Waals surface area contributed by atoms with Crippen molar-refractivity contribution in [3.8, 4) is 0 Å². The predicted octanol–water partition coefficient (Wildman–Crippen LogP) is 1.97. The number of nitrogens with two attached hydrogens (primary N) is 1. The van der Waals surface area contributed by atoms with E-state index in [1.807, 2.05) is 12.1 Å². The van der Waals surface area contributed by atoms with Gasteiger partial charge in [-0.15, -0.1) is 0 Å². The zero-order valence-corrected chi connectivity index (χ0v) is 10.9. The zero-order valence-electron chi connectivity index (χ0n) is 10.9. The van der Waals surface area contributed by atoms with Gasteiger partial charge in [0.2, 0.25) is 5.91 Å². The van der Waals surface area contributed by atoms with Crippen molar-refractivity contribution in [2.45, 2.75) is 32.6 Å². The average molecular weight is 250 g/mol. The van der Waals surface area contributed by atoms with Gasteiger partial charge in [-0.1, -0.05) is 6.92 Å². The highest BCUT2D eigenvalue weighted by atomic mass is 16.1. The fourth-order valence-corrected chi connectivity index (χ4v) is 1.55. The number of pyridine rings is 1. The Kier molecular flexibility index (Phi) is 6.61. The molecule has 0 atom stereocenters. The van der Waals surface area contributed by atoms with Crippen molar-refractivity contribution in [1.82, 2.24) is 4.98 Å². The number of amides is 1. The maximum atomic E-state index is 10.6. The van der Waals surface area contributed by atoms with Gasteiger partial charge < -0.3 is 16.4 Å². The summed E-state index contributed by atoms with van der Waals surface area (Å²) in [6, 6.07) is 3.93. The highest BCUT2D eigenvalue weighted by Crippen LogP contribution is 2.12. The van der Waals surface area contributed by atoms with Crippen LogP contribution in [0.25, 0.3) is 0 Å². The fraction of sp³-hybridized carbons (Fsp3) is 0.538. The molecule has 1 heterocycles. The number of nitrogens with zero attached hydrogens (tertiary/aromatic N) is 1. The van der Waals surface area contributed by atoms with Crippen LogP contribution in [0.5, 0.6) is 0 Å². The molecule has 0 fully saturated rings. The van der Waals surface area contributed by atoms with E-state index in [-0.39, 0.29) is 5.91 Å². The molecule has 0 saturated heterocycles. The quantitative estimate of drug-likeness (QED) is 0.585. The SMILES string of the molecule is CCCNc1cc(NCCCCC(N)=O)ccn1. The van der Waals surface area contributed by atoms with Crippen LogP contribution in [-0.4, -0.2) is 24.0 Å². The summed E-state index contributed by atoms with van der Waals surface area (Å²) in [6.07, 6.45) is 5.08. The van der Waals surface area contributed by atoms with E-state index in [0.29, 0.717) is 6.42 Å². The molecule has 5 nitrogen and oxygen atoms in total. The Morgan fingerprint density at radius 1 is 1.33 bits per heavy atom. The van der Waals surface area contributed by atoms with Gasteiger partial charge in [0.15, 0.2) is 0 Å². The summed E-state index contributed by atoms with van der Waals surface area (Å²) in [5.41, 5.74) is 6.12. The summed E-state index contributed by atoms with van der Waals surface area (Å²) in [5, 5.41) is 6.54. The van der Waals surface area contributed by atoms with Crippen molar-refractivity contribution in [2.24, 2.45) is 5.73 Å². The lowest BCUT2D eigenvalue weighted by Gasteiger charge is -2.08. The molecular weight excluding hydrogens is 228 g/mol. The number of rotatable bonds is 9. The summed E-state index contributed by atoms with van der Waals surface area (Å²) in [7, 11) is 0. The third-order valence-corrected chi connectivity index (χ3v) is 2.50. The van der Waals surface area contributed by atoms with E-state index in [2.05, 4.69) is 22.5 Å². The van der Waals surface area contributed by atoms with E-state index in [1.54, 1.807) is 6.20 Å². The second-order valence-electron chi connectivity index (χ2n) is 4.21. The lowest BCUT2D eigenvalue weighted by Crippen LogP contribution is -2.11. The second-order valence-corrected chi connectivity index (χ2v) is 4.21. The topological polar surface area (TPSA) is 80.0 Å². The molecular formula is C13H22N4O. The first-order valence-electron chi connectivity index (χ1n) is 6.44. The number of carbonyl (C=O) groups excluding carboxylic acids is 1. The van der Waals surface area contributed by atoms with Gasteiger partial charge in [0.05, 0.1) is 0 Å². The molecule has 1 amide bonds. The highest BCUT2D eigenvalue weighted by molar-refractivity contribution is 5.73. The Morgan fingerprint density at radius 2 is 2.17 bits per heavy atom. The molecule has 18 heavy (non-hydrogen) atoms. The van der Waals surface area contributed by atoms with Crippen LogP contribution in [0.1, 0.15) is 32.6 Å². The maximum absolute atomic E-state index is 10.6. The van der Waals surface area contributed by atoms with Crippen molar-refractivity contribution >= 4 is 17.4 Å². The van der Waals surface area contributed by atoms with E-state index >= 15 is 0 Å². The smallest absolute Gasteiger partial charge is 0.217 e. The monoisotopic (exact) mass is 250 g/mol. The number of carbonyl (C=O) groups is 1. The first-order chi connectivity index (χ1) is 8.72. The predicted molar refractivity (Wildman–Crippen MR) is 74.6 cm³/mol. The van der Waals surface area contributed by atoms with Crippen molar-refractivity contribution in [3.63, 3.8) is 0 Å². The second kappa shape index (κ2) is 8.33. The first-order valence-corrected chi connectivity index (χ1v) is 6.44. The normalized spacial score (nSPS) is 10.1. The minimum absolute atomic E-state index is 0.232. The number of primary amides is 1. The molecule has 0 radical (unpaired) electrons. The summed E-state index contributed by atoms with van der Waals surface area (Å²) < 4.78 is 0. The third kappa shape index (κ3) is 6.08. The molecule has 0 aliphatic carbocycles. The van der Waals surface area contributed by atoms with Gasteiger partial charge in [-0.25, -0.2) is 4.98 Å². The van der Waals surface area contributed by atoms with E-state index < -0.39 is 0 Å². The lowest BCUT2D eigenvalue weighted by molar-refractivity contribution is -0.118. The van der Waals surface area contributed by atoms with Gasteiger partial charge in [-0.2, -0.15) is 0 Å². The number of anilines is 2. The van der Waals surface area contributed by atoms with Crippen LogP contribution in [0.15, 0.2) is 18.3 Å². The van der Waals surface area contributed by atoms with E-state index in [1.165, 1.54) is 0 Å². The average Bonchev–Trinajstić information content (AvgIpc) is 2.36. The molecule has 1 aromatic heterocycles. The van der Waals surface area contributed by atoms with Crippen LogP contribution in [0.2, 0.25) is 0 Å². The van der Waals surface area contributed by atoms with E-state index in [0.717, 1.165) is 43.9 Å². The number of hydrogen-bond donors (Lipinski definition) is 3. The largest absolute Gasteiger partial charge is 0.385 e. The Morgan fingerprint density at radius 3 is 2.89 bits per heavy atom. The molecule has 0 spiro atoms. The van der Waals surface area contributed by atoms with Gasteiger partial charge >= 0.3 is 0 Å². The maximum Gasteiger partial charge on any atom is 0.217 e. The molecule has 5 heteroatoms. The molecule has 0 saturated carbocycles. The van der Waals surface area contributed by atoms with E-state index in [4.69, 9.17) is 5.73 Å². The van der Waals surface area contributed by atoms with Crippen LogP contribution in [0.3, 0.4) is 0 Å². The molecule has 0 bridgehead atoms. The Labute approximate surface area is 108 Å². The summed E-state index contributed by atoms with van der Waals surface area (Å²) >= 11 is 0. The molecule has 0 aromatic carbocycles. The molecule has 1 aromatic rings. The van der Waals surface area contributed by atoms with E-state index in [9.17, 15) is 4.79 Å².